The molecule has 7 nitrogen and oxygen atoms in total. The zero-order valence-electron chi connectivity index (χ0n) is 15.7. The normalized spacial score (nSPS) is 13.7. The van der Waals surface area contributed by atoms with Gasteiger partial charge in [0.25, 0.3) is 17.5 Å². The molecule has 2 amide bonds. The number of nitro benzene ring substituents is 1. The first-order chi connectivity index (χ1) is 14.8. The molecule has 0 saturated carbocycles. The smallest absolute Gasteiger partial charge is 0.282 e. The minimum absolute atomic E-state index is 0.0189. The van der Waals surface area contributed by atoms with Gasteiger partial charge in [0.15, 0.2) is 0 Å². The van der Waals surface area contributed by atoms with Gasteiger partial charge in [-0.1, -0.05) is 12.1 Å². The summed E-state index contributed by atoms with van der Waals surface area (Å²) >= 11 is 0. The fourth-order valence-corrected chi connectivity index (χ4v) is 3.22. The Bertz CT molecular complexity index is 1260. The second kappa shape index (κ2) is 7.79. The van der Waals surface area contributed by atoms with E-state index in [4.69, 9.17) is 0 Å². The van der Waals surface area contributed by atoms with Crippen LogP contribution in [0.25, 0.3) is 5.57 Å². The van der Waals surface area contributed by atoms with Crippen LogP contribution in [0, 0.1) is 21.7 Å². The number of carbonyl (C=O) groups excluding carboxylic acids is 2. The van der Waals surface area contributed by atoms with Gasteiger partial charge in [0.1, 0.15) is 17.3 Å². The van der Waals surface area contributed by atoms with E-state index in [0.717, 1.165) is 17.0 Å². The molecule has 154 valence electrons. The Hall–Kier alpha value is -4.40. The second-order valence-electron chi connectivity index (χ2n) is 6.61. The van der Waals surface area contributed by atoms with Crippen molar-refractivity contribution in [3.05, 3.63) is 106 Å². The number of benzene rings is 3. The van der Waals surface area contributed by atoms with Gasteiger partial charge in [-0.15, -0.1) is 0 Å². The number of nitrogens with zero attached hydrogens (tertiary/aromatic N) is 2. The maximum Gasteiger partial charge on any atom is 0.282 e. The van der Waals surface area contributed by atoms with E-state index in [1.807, 2.05) is 0 Å². The molecule has 1 aliphatic rings. The SMILES string of the molecule is O=C1C(Nc2cccc(F)c2)=C(c2ccc([N+](=O)[O-])cc2)C(=O)N1c1cccc(F)c1. The molecular formula is C22H13F2N3O4. The zero-order valence-corrected chi connectivity index (χ0v) is 15.7. The van der Waals surface area contributed by atoms with Crippen molar-refractivity contribution in [2.45, 2.75) is 0 Å². The van der Waals surface area contributed by atoms with Crippen LogP contribution in [-0.2, 0) is 9.59 Å². The average molecular weight is 421 g/mol. The van der Waals surface area contributed by atoms with Crippen LogP contribution < -0.4 is 10.2 Å². The first-order valence-corrected chi connectivity index (χ1v) is 9.01. The van der Waals surface area contributed by atoms with E-state index < -0.39 is 28.4 Å². The fourth-order valence-electron chi connectivity index (χ4n) is 3.22. The van der Waals surface area contributed by atoms with Crippen LogP contribution in [0.5, 0.6) is 0 Å². The number of hydrogen-bond donors (Lipinski definition) is 1. The molecular weight excluding hydrogens is 408 g/mol. The quantitative estimate of drug-likeness (QED) is 0.377. The molecule has 1 N–H and O–H groups in total. The predicted molar refractivity (Wildman–Crippen MR) is 109 cm³/mol. The summed E-state index contributed by atoms with van der Waals surface area (Å²) in [4.78, 5) is 37.5. The molecule has 4 rings (SSSR count). The van der Waals surface area contributed by atoms with Crippen molar-refractivity contribution in [1.29, 1.82) is 0 Å². The molecule has 3 aromatic carbocycles. The van der Waals surface area contributed by atoms with E-state index in [0.29, 0.717) is 0 Å². The van der Waals surface area contributed by atoms with Crippen molar-refractivity contribution >= 4 is 34.4 Å². The minimum atomic E-state index is -0.770. The Balaban J connectivity index is 1.83. The van der Waals surface area contributed by atoms with Crippen LogP contribution in [0.2, 0.25) is 0 Å². The number of non-ortho nitro benzene ring substituents is 1. The van der Waals surface area contributed by atoms with Crippen molar-refractivity contribution in [3.8, 4) is 0 Å². The summed E-state index contributed by atoms with van der Waals surface area (Å²) in [5.74, 6) is -2.71. The Morgan fingerprint density at radius 3 is 2.10 bits per heavy atom. The van der Waals surface area contributed by atoms with Crippen LogP contribution in [0.15, 0.2) is 78.5 Å². The Morgan fingerprint density at radius 1 is 0.839 bits per heavy atom. The molecule has 1 heterocycles. The van der Waals surface area contributed by atoms with Gasteiger partial charge in [0, 0.05) is 17.8 Å². The van der Waals surface area contributed by atoms with Crippen LogP contribution in [0.4, 0.5) is 25.8 Å². The molecule has 0 radical (unpaired) electrons. The van der Waals surface area contributed by atoms with Crippen molar-refractivity contribution in [1.82, 2.24) is 0 Å². The highest BCUT2D eigenvalue weighted by Crippen LogP contribution is 2.34. The largest absolute Gasteiger partial charge is 0.350 e. The Labute approximate surface area is 174 Å². The fraction of sp³-hybridized carbons (Fsp3) is 0. The van der Waals surface area contributed by atoms with Gasteiger partial charge in [-0.2, -0.15) is 0 Å². The first-order valence-electron chi connectivity index (χ1n) is 9.01. The van der Waals surface area contributed by atoms with Crippen molar-refractivity contribution in [3.63, 3.8) is 0 Å². The second-order valence-corrected chi connectivity index (χ2v) is 6.61. The van der Waals surface area contributed by atoms with Gasteiger partial charge in [-0.05, 0) is 54.1 Å². The van der Waals surface area contributed by atoms with Crippen LogP contribution in [-0.4, -0.2) is 16.7 Å². The summed E-state index contributed by atoms with van der Waals surface area (Å²) in [5.41, 5.74) is 0.0498. The van der Waals surface area contributed by atoms with Gasteiger partial charge in [-0.3, -0.25) is 19.7 Å². The zero-order chi connectivity index (χ0) is 22.1. The van der Waals surface area contributed by atoms with Crippen molar-refractivity contribution in [2.75, 3.05) is 10.2 Å². The molecule has 0 fully saturated rings. The standard InChI is InChI=1S/C22H13F2N3O4/c23-14-3-1-5-16(11-14)25-20-19(13-7-9-17(10-8-13)27(30)31)21(28)26(22(20)29)18-6-2-4-15(24)12-18/h1-12,25H. The number of amides is 2. The third kappa shape index (κ3) is 3.76. The highest BCUT2D eigenvalue weighted by molar-refractivity contribution is 6.46. The summed E-state index contributed by atoms with van der Waals surface area (Å²) in [6.45, 7) is 0. The third-order valence-corrected chi connectivity index (χ3v) is 4.61. The molecule has 1 aliphatic heterocycles. The topological polar surface area (TPSA) is 92.5 Å². The average Bonchev–Trinajstić information content (AvgIpc) is 2.97. The molecule has 0 spiro atoms. The van der Waals surface area contributed by atoms with Crippen molar-refractivity contribution < 1.29 is 23.3 Å². The lowest BCUT2D eigenvalue weighted by molar-refractivity contribution is -0.384. The molecule has 0 aromatic heterocycles. The number of anilines is 2. The van der Waals surface area contributed by atoms with Crippen LogP contribution >= 0.6 is 0 Å². The molecule has 0 bridgehead atoms. The summed E-state index contributed by atoms with van der Waals surface area (Å²) < 4.78 is 27.3. The summed E-state index contributed by atoms with van der Waals surface area (Å²) in [6.07, 6.45) is 0. The number of carbonyl (C=O) groups is 2. The minimum Gasteiger partial charge on any atom is -0.350 e. The lowest BCUT2D eigenvalue weighted by Gasteiger charge is -2.15. The van der Waals surface area contributed by atoms with E-state index in [9.17, 15) is 28.5 Å². The van der Waals surface area contributed by atoms with Crippen LogP contribution in [0.1, 0.15) is 5.56 Å². The Morgan fingerprint density at radius 2 is 1.48 bits per heavy atom. The van der Waals surface area contributed by atoms with Gasteiger partial charge < -0.3 is 5.32 Å². The molecule has 9 heteroatoms. The molecule has 0 saturated heterocycles. The van der Waals surface area contributed by atoms with Crippen LogP contribution in [0.3, 0.4) is 0 Å². The van der Waals surface area contributed by atoms with Gasteiger partial charge in [0.2, 0.25) is 0 Å². The Kier molecular flexibility index (Phi) is 5.00. The lowest BCUT2D eigenvalue weighted by atomic mass is 10.0. The summed E-state index contributed by atoms with van der Waals surface area (Å²) in [5, 5.41) is 13.7. The highest BCUT2D eigenvalue weighted by Gasteiger charge is 2.40. The van der Waals surface area contributed by atoms with E-state index >= 15 is 0 Å². The van der Waals surface area contributed by atoms with Gasteiger partial charge >= 0.3 is 0 Å². The third-order valence-electron chi connectivity index (χ3n) is 4.61. The lowest BCUT2D eigenvalue weighted by Crippen LogP contribution is -2.32. The molecule has 3 aromatic rings. The first kappa shape index (κ1) is 19.9. The van der Waals surface area contributed by atoms with E-state index in [2.05, 4.69) is 5.32 Å². The van der Waals surface area contributed by atoms with E-state index in [-0.39, 0.29) is 33.9 Å². The molecule has 0 aliphatic carbocycles. The monoisotopic (exact) mass is 421 g/mol. The molecule has 0 atom stereocenters. The van der Waals surface area contributed by atoms with Gasteiger partial charge in [-0.25, -0.2) is 13.7 Å². The number of rotatable bonds is 5. The molecule has 0 unspecified atom stereocenters. The van der Waals surface area contributed by atoms with Crippen molar-refractivity contribution in [2.24, 2.45) is 0 Å². The van der Waals surface area contributed by atoms with Gasteiger partial charge in [0.05, 0.1) is 16.2 Å². The maximum atomic E-state index is 13.7. The summed E-state index contributed by atoms with van der Waals surface area (Å²) in [6, 6.07) is 15.3. The number of imide groups is 1. The highest BCUT2D eigenvalue weighted by atomic mass is 19.1. The number of nitrogens with one attached hydrogen (secondary N) is 1. The maximum absolute atomic E-state index is 13.7. The number of hydrogen-bond acceptors (Lipinski definition) is 5. The van der Waals surface area contributed by atoms with E-state index in [1.165, 1.54) is 60.7 Å². The summed E-state index contributed by atoms with van der Waals surface area (Å²) in [7, 11) is 0. The predicted octanol–water partition coefficient (Wildman–Crippen LogP) is 4.27. The van der Waals surface area contributed by atoms with E-state index in [1.54, 1.807) is 0 Å². The number of halogens is 2. The molecule has 31 heavy (non-hydrogen) atoms. The number of nitro groups is 1.